The van der Waals surface area contributed by atoms with E-state index in [1.165, 1.54) is 50.1 Å². The number of rotatable bonds is 9. The number of carbonyl (C=O) groups excluding carboxylic acids is 2. The van der Waals surface area contributed by atoms with E-state index < -0.39 is 23.5 Å². The second-order valence-corrected chi connectivity index (χ2v) is 13.1. The molecule has 1 atom stereocenters. The van der Waals surface area contributed by atoms with Crippen LogP contribution in [-0.4, -0.2) is 53.4 Å². The topological polar surface area (TPSA) is 131 Å². The van der Waals surface area contributed by atoms with Crippen LogP contribution in [0.3, 0.4) is 0 Å². The molecule has 0 aliphatic carbocycles. The van der Waals surface area contributed by atoms with E-state index in [0.717, 1.165) is 27.7 Å². The molecule has 1 saturated heterocycles. The van der Waals surface area contributed by atoms with Gasteiger partial charge in [-0.15, -0.1) is 10.2 Å². The Bertz CT molecular complexity index is 2020. The van der Waals surface area contributed by atoms with Crippen molar-refractivity contribution in [3.05, 3.63) is 99.5 Å². The van der Waals surface area contributed by atoms with Gasteiger partial charge in [0, 0.05) is 11.3 Å². The van der Waals surface area contributed by atoms with Crippen molar-refractivity contribution in [1.82, 2.24) is 10.2 Å². The number of hydrogen-bond donors (Lipinski definition) is 2. The summed E-state index contributed by atoms with van der Waals surface area (Å²) < 4.78 is 16.9. The van der Waals surface area contributed by atoms with Crippen LogP contribution in [0.5, 0.6) is 23.0 Å². The zero-order valence-corrected chi connectivity index (χ0v) is 27.9. The average molecular weight is 721 g/mol. The maximum absolute atomic E-state index is 13.7. The highest BCUT2D eigenvalue weighted by Gasteiger charge is 2.49. The van der Waals surface area contributed by atoms with Crippen LogP contribution in [0, 0.1) is 0 Å². The lowest BCUT2D eigenvalue weighted by atomic mass is 9.95. The minimum absolute atomic E-state index is 0.102. The number of Topliss-reactive ketones (excluding diaryl/α,β-unsaturated/α-hetero) is 1. The van der Waals surface area contributed by atoms with Crippen LogP contribution in [0.4, 0.5) is 5.13 Å². The Kier molecular flexibility index (Phi) is 8.89. The molecular formula is C33H26BrN3O7S2. The lowest BCUT2D eigenvalue weighted by Crippen LogP contribution is -2.29. The first-order chi connectivity index (χ1) is 22.2. The van der Waals surface area contributed by atoms with Gasteiger partial charge in [0.05, 0.1) is 37.4 Å². The fraction of sp³-hybridized carbons (Fsp3) is 0.152. The van der Waals surface area contributed by atoms with Crippen LogP contribution >= 0.6 is 39.0 Å². The van der Waals surface area contributed by atoms with E-state index in [9.17, 15) is 19.8 Å². The quantitative estimate of drug-likeness (QED) is 0.0535. The lowest BCUT2D eigenvalue weighted by Gasteiger charge is -2.23. The molecule has 0 saturated carbocycles. The zero-order chi connectivity index (χ0) is 32.5. The highest BCUT2D eigenvalue weighted by Crippen LogP contribution is 2.47. The Hall–Kier alpha value is -4.59. The molecule has 2 N–H and O–H groups in total. The van der Waals surface area contributed by atoms with Gasteiger partial charge in [0.1, 0.15) is 5.76 Å². The van der Waals surface area contributed by atoms with Crippen LogP contribution in [-0.2, 0) is 15.3 Å². The van der Waals surface area contributed by atoms with Crippen molar-refractivity contribution in [1.29, 1.82) is 0 Å². The molecule has 13 heteroatoms. The summed E-state index contributed by atoms with van der Waals surface area (Å²) in [5.74, 6) is -0.938. The number of carbonyl (C=O) groups is 2. The Labute approximate surface area is 280 Å². The number of phenols is 1. The summed E-state index contributed by atoms with van der Waals surface area (Å²) in [6.07, 6.45) is 0. The number of ketones is 1. The van der Waals surface area contributed by atoms with E-state index in [1.807, 2.05) is 18.2 Å². The van der Waals surface area contributed by atoms with Gasteiger partial charge in [-0.25, -0.2) is 0 Å². The maximum Gasteiger partial charge on any atom is 0.301 e. The largest absolute Gasteiger partial charge is 0.507 e. The summed E-state index contributed by atoms with van der Waals surface area (Å²) in [6.45, 7) is 0. The minimum Gasteiger partial charge on any atom is -0.507 e. The fourth-order valence-corrected chi connectivity index (χ4v) is 7.64. The van der Waals surface area contributed by atoms with Crippen molar-refractivity contribution in [3.8, 4) is 23.0 Å². The molecule has 2 heterocycles. The molecule has 0 spiro atoms. The van der Waals surface area contributed by atoms with Crippen LogP contribution in [0.15, 0.2) is 87.2 Å². The van der Waals surface area contributed by atoms with Gasteiger partial charge in [-0.05, 0) is 68.2 Å². The molecule has 1 aromatic heterocycles. The Morgan fingerprint density at radius 2 is 1.67 bits per heavy atom. The Balaban J connectivity index is 1.43. The Morgan fingerprint density at radius 1 is 0.935 bits per heavy atom. The van der Waals surface area contributed by atoms with E-state index in [0.29, 0.717) is 27.2 Å². The Morgan fingerprint density at radius 3 is 2.43 bits per heavy atom. The zero-order valence-electron chi connectivity index (χ0n) is 24.7. The number of hydrogen-bond acceptors (Lipinski definition) is 11. The first-order valence-corrected chi connectivity index (χ1v) is 16.4. The van der Waals surface area contributed by atoms with Gasteiger partial charge in [-0.2, -0.15) is 0 Å². The van der Waals surface area contributed by atoms with Gasteiger partial charge in [0.15, 0.2) is 27.3 Å². The molecule has 5 aromatic rings. The number of aliphatic hydroxyl groups excluding tert-OH is 1. The van der Waals surface area contributed by atoms with Gasteiger partial charge in [-0.3, -0.25) is 14.5 Å². The van der Waals surface area contributed by atoms with Crippen molar-refractivity contribution in [2.24, 2.45) is 0 Å². The van der Waals surface area contributed by atoms with Gasteiger partial charge in [0.25, 0.3) is 5.78 Å². The smallest absolute Gasteiger partial charge is 0.301 e. The van der Waals surface area contributed by atoms with Gasteiger partial charge >= 0.3 is 5.91 Å². The molecule has 4 aromatic carbocycles. The predicted octanol–water partition coefficient (Wildman–Crippen LogP) is 7.10. The molecule has 234 valence electrons. The third kappa shape index (κ3) is 5.65. The number of amides is 1. The van der Waals surface area contributed by atoms with Crippen LogP contribution in [0.1, 0.15) is 22.7 Å². The maximum atomic E-state index is 13.7. The SMILES string of the molecule is COc1ccc(/C(O)=C2/C(=O)C(=O)N(c3nnc(SCc4cccc5ccccc45)s3)C2c2cc(Br)c(O)c(OC)c2)cc1OC. The first-order valence-electron chi connectivity index (χ1n) is 13.8. The van der Waals surface area contributed by atoms with E-state index in [-0.39, 0.29) is 32.2 Å². The number of anilines is 1. The molecule has 0 radical (unpaired) electrons. The molecule has 1 amide bonds. The van der Waals surface area contributed by atoms with Crippen molar-refractivity contribution in [3.63, 3.8) is 0 Å². The van der Waals surface area contributed by atoms with Crippen LogP contribution in [0.2, 0.25) is 0 Å². The molecule has 1 aliphatic heterocycles. The van der Waals surface area contributed by atoms with E-state index in [4.69, 9.17) is 14.2 Å². The monoisotopic (exact) mass is 719 g/mol. The molecule has 1 unspecified atom stereocenters. The lowest BCUT2D eigenvalue weighted by molar-refractivity contribution is -0.132. The summed E-state index contributed by atoms with van der Waals surface area (Å²) in [6, 6.07) is 20.8. The van der Waals surface area contributed by atoms with Crippen molar-refractivity contribution < 1.29 is 34.0 Å². The second-order valence-electron chi connectivity index (χ2n) is 10.1. The number of ether oxygens (including phenoxy) is 3. The number of methoxy groups -OCH3 is 3. The molecular weight excluding hydrogens is 694 g/mol. The number of aromatic hydroxyl groups is 1. The number of aromatic nitrogens is 2. The normalized spacial score (nSPS) is 15.8. The molecule has 0 bridgehead atoms. The number of thioether (sulfide) groups is 1. The summed E-state index contributed by atoms with van der Waals surface area (Å²) in [4.78, 5) is 28.6. The molecule has 1 aliphatic rings. The number of halogens is 1. The van der Waals surface area contributed by atoms with Crippen LogP contribution in [0.25, 0.3) is 16.5 Å². The number of nitrogens with zero attached hydrogens (tertiary/aromatic N) is 3. The fourth-order valence-electron chi connectivity index (χ4n) is 5.31. The predicted molar refractivity (Wildman–Crippen MR) is 180 cm³/mol. The van der Waals surface area contributed by atoms with E-state index >= 15 is 0 Å². The molecule has 6 rings (SSSR count). The van der Waals surface area contributed by atoms with Crippen molar-refractivity contribution in [2.75, 3.05) is 26.2 Å². The third-order valence-corrected chi connectivity index (χ3v) is 10.2. The highest BCUT2D eigenvalue weighted by molar-refractivity contribution is 9.10. The third-order valence-electron chi connectivity index (χ3n) is 7.52. The summed E-state index contributed by atoms with van der Waals surface area (Å²) in [5.41, 5.74) is 1.55. The van der Waals surface area contributed by atoms with E-state index in [2.05, 4.69) is 50.4 Å². The van der Waals surface area contributed by atoms with Gasteiger partial charge in [0.2, 0.25) is 5.13 Å². The minimum atomic E-state index is -1.14. The average Bonchev–Trinajstić information content (AvgIpc) is 3.65. The van der Waals surface area contributed by atoms with Crippen LogP contribution < -0.4 is 19.1 Å². The van der Waals surface area contributed by atoms with Crippen molar-refractivity contribution in [2.45, 2.75) is 16.1 Å². The number of fused-ring (bicyclic) bond motifs is 1. The summed E-state index contributed by atoms with van der Waals surface area (Å²) in [7, 11) is 4.32. The summed E-state index contributed by atoms with van der Waals surface area (Å²) >= 11 is 5.96. The molecule has 10 nitrogen and oxygen atoms in total. The summed E-state index contributed by atoms with van der Waals surface area (Å²) in [5, 5.41) is 33.2. The first kappa shape index (κ1) is 31.4. The number of aliphatic hydroxyl groups is 1. The number of phenolic OH excluding ortho intramolecular Hbond substituents is 1. The van der Waals surface area contributed by atoms with E-state index in [1.54, 1.807) is 18.2 Å². The second kappa shape index (κ2) is 13.0. The van der Waals surface area contributed by atoms with Gasteiger partial charge in [-0.1, -0.05) is 65.6 Å². The standard InChI is InChI=1S/C33H26BrN3O7S2/c1-42-23-12-11-18(14-24(23)43-2)28(38)26-27(20-13-22(34)29(39)25(15-20)44-3)37(31(41)30(26)40)32-35-36-33(46-32)45-16-19-9-6-8-17-7-4-5-10-21(17)19/h4-15,27,38-39H,16H2,1-3H3/b28-26-. The highest BCUT2D eigenvalue weighted by atomic mass is 79.9. The molecule has 46 heavy (non-hydrogen) atoms. The molecule has 1 fully saturated rings. The van der Waals surface area contributed by atoms with Gasteiger partial charge < -0.3 is 24.4 Å². The van der Waals surface area contributed by atoms with Crippen molar-refractivity contribution >= 4 is 72.4 Å². The number of benzene rings is 4.